The Bertz CT molecular complexity index is 586. The quantitative estimate of drug-likeness (QED) is 0.685. The first-order valence-corrected chi connectivity index (χ1v) is 11.9. The highest BCUT2D eigenvalue weighted by Gasteiger charge is 2.39. The zero-order valence-corrected chi connectivity index (χ0v) is 20.7. The Hall–Kier alpha value is -1.14. The lowest BCUT2D eigenvalue weighted by Crippen LogP contribution is -2.60. The van der Waals surface area contributed by atoms with Gasteiger partial charge < -0.3 is 10.2 Å². The topological polar surface area (TPSA) is 55.9 Å². The third-order valence-electron chi connectivity index (χ3n) is 7.20. The van der Waals surface area contributed by atoms with Crippen LogP contribution in [0.2, 0.25) is 0 Å². The summed E-state index contributed by atoms with van der Waals surface area (Å²) in [5.41, 5.74) is -0.350. The summed E-state index contributed by atoms with van der Waals surface area (Å²) in [6.07, 6.45) is 5.54. The first-order chi connectivity index (χ1) is 13.9. The highest BCUT2D eigenvalue weighted by Crippen LogP contribution is 2.26. The maximum absolute atomic E-state index is 13.7. The number of hydrogen-bond acceptors (Lipinski definition) is 4. The fourth-order valence-electron chi connectivity index (χ4n) is 4.95. The number of nitrogens with one attached hydrogen (secondary N) is 1. The summed E-state index contributed by atoms with van der Waals surface area (Å²) < 4.78 is 0. The Kier molecular flexibility index (Phi) is 8.75. The van der Waals surface area contributed by atoms with Crippen molar-refractivity contribution in [1.82, 2.24) is 20.0 Å². The lowest BCUT2D eigenvalue weighted by molar-refractivity contribution is -0.142. The summed E-state index contributed by atoms with van der Waals surface area (Å²) in [6, 6.07) is 0.0579. The Labute approximate surface area is 184 Å². The third-order valence-corrected chi connectivity index (χ3v) is 7.20. The van der Waals surface area contributed by atoms with Gasteiger partial charge in [-0.2, -0.15) is 0 Å². The van der Waals surface area contributed by atoms with Crippen LogP contribution in [0.5, 0.6) is 0 Å². The molecule has 0 spiro atoms. The lowest BCUT2D eigenvalue weighted by Gasteiger charge is -2.41. The van der Waals surface area contributed by atoms with Crippen LogP contribution in [0, 0.1) is 11.3 Å². The zero-order chi connectivity index (χ0) is 22.6. The number of rotatable bonds is 7. The van der Waals surface area contributed by atoms with Crippen LogP contribution in [-0.4, -0.2) is 84.4 Å². The second-order valence-corrected chi connectivity index (χ2v) is 11.0. The largest absolute Gasteiger partial charge is 0.342 e. The lowest BCUT2D eigenvalue weighted by atomic mass is 9.84. The van der Waals surface area contributed by atoms with Crippen molar-refractivity contribution in [2.45, 2.75) is 97.8 Å². The predicted octanol–water partition coefficient (Wildman–Crippen LogP) is 2.97. The number of hydrogen-bond donors (Lipinski definition) is 1. The van der Waals surface area contributed by atoms with Gasteiger partial charge in [0, 0.05) is 25.7 Å². The summed E-state index contributed by atoms with van der Waals surface area (Å²) in [4.78, 5) is 33.3. The summed E-state index contributed by atoms with van der Waals surface area (Å²) in [5, 5.41) is 3.15. The van der Waals surface area contributed by atoms with Gasteiger partial charge in [0.25, 0.3) is 0 Å². The molecule has 2 fully saturated rings. The average Bonchev–Trinajstić information content (AvgIpc) is 3.06. The second kappa shape index (κ2) is 10.4. The number of nitrogens with zero attached hydrogens (tertiary/aromatic N) is 3. The molecule has 6 nitrogen and oxygen atoms in total. The highest BCUT2D eigenvalue weighted by atomic mass is 16.2. The highest BCUT2D eigenvalue weighted by molar-refractivity contribution is 5.90. The number of carbonyl (C=O) groups excluding carboxylic acids is 2. The fraction of sp³-hybridized carbons (Fsp3) is 0.917. The Balaban J connectivity index is 2.14. The van der Waals surface area contributed by atoms with Crippen LogP contribution < -0.4 is 5.32 Å². The van der Waals surface area contributed by atoms with Crippen molar-refractivity contribution in [1.29, 1.82) is 0 Å². The van der Waals surface area contributed by atoms with Gasteiger partial charge in [0.15, 0.2) is 0 Å². The van der Waals surface area contributed by atoms with Crippen LogP contribution in [0.1, 0.15) is 73.6 Å². The van der Waals surface area contributed by atoms with E-state index in [4.69, 9.17) is 0 Å². The van der Waals surface area contributed by atoms with E-state index >= 15 is 0 Å². The minimum Gasteiger partial charge on any atom is -0.342 e. The van der Waals surface area contributed by atoms with Crippen LogP contribution >= 0.6 is 0 Å². The van der Waals surface area contributed by atoms with Crippen molar-refractivity contribution < 1.29 is 9.59 Å². The Morgan fingerprint density at radius 1 is 1.10 bits per heavy atom. The molecule has 0 saturated carbocycles. The molecule has 0 bridgehead atoms. The smallest absolute Gasteiger partial charge is 0.245 e. The van der Waals surface area contributed by atoms with E-state index in [-0.39, 0.29) is 29.3 Å². The van der Waals surface area contributed by atoms with E-state index < -0.39 is 6.04 Å². The van der Waals surface area contributed by atoms with E-state index in [0.717, 1.165) is 38.9 Å². The molecule has 0 aromatic heterocycles. The van der Waals surface area contributed by atoms with Gasteiger partial charge in [-0.1, -0.05) is 41.0 Å². The maximum Gasteiger partial charge on any atom is 0.245 e. The van der Waals surface area contributed by atoms with E-state index in [1.807, 2.05) is 39.8 Å². The molecule has 1 unspecified atom stereocenters. The summed E-state index contributed by atoms with van der Waals surface area (Å²) >= 11 is 0. The Morgan fingerprint density at radius 3 is 2.27 bits per heavy atom. The van der Waals surface area contributed by atoms with E-state index in [2.05, 4.69) is 35.9 Å². The van der Waals surface area contributed by atoms with Gasteiger partial charge in [-0.3, -0.25) is 19.4 Å². The average molecular weight is 423 g/mol. The van der Waals surface area contributed by atoms with Crippen LogP contribution in [0.15, 0.2) is 0 Å². The van der Waals surface area contributed by atoms with Crippen molar-refractivity contribution in [3.63, 3.8) is 0 Å². The third kappa shape index (κ3) is 6.19. The molecular formula is C24H46N4O2. The predicted molar refractivity (Wildman–Crippen MR) is 123 cm³/mol. The molecule has 2 aliphatic heterocycles. The number of likely N-dealkylation sites (tertiary alicyclic amines) is 2. The van der Waals surface area contributed by atoms with E-state index in [1.165, 1.54) is 12.8 Å². The zero-order valence-electron chi connectivity index (χ0n) is 20.7. The number of piperidine rings is 1. The first-order valence-electron chi connectivity index (χ1n) is 11.9. The fourth-order valence-corrected chi connectivity index (χ4v) is 4.95. The second-order valence-electron chi connectivity index (χ2n) is 11.0. The summed E-state index contributed by atoms with van der Waals surface area (Å²) in [7, 11) is 3.93. The first kappa shape index (κ1) is 25.1. The minimum atomic E-state index is -0.525. The molecule has 2 heterocycles. The van der Waals surface area contributed by atoms with Crippen molar-refractivity contribution in [2.24, 2.45) is 11.3 Å². The number of carbonyl (C=O) groups is 2. The monoisotopic (exact) mass is 422 g/mol. The van der Waals surface area contributed by atoms with Gasteiger partial charge in [-0.15, -0.1) is 0 Å². The van der Waals surface area contributed by atoms with Crippen LogP contribution in [0.4, 0.5) is 0 Å². The molecule has 0 aliphatic carbocycles. The van der Waals surface area contributed by atoms with Crippen LogP contribution in [-0.2, 0) is 9.59 Å². The standard InChI is InChI=1S/C24H46N4O2/c1-17(2)20(16-28-15-11-12-18(28)3)27(8)23(30)21(24(4,5)6)25-22(29)19-13-9-10-14-26(19)7/h17-21H,9-16H2,1-8H3,(H,25,29)/t18-,19?,20-,21-/m1/s1. The van der Waals surface area contributed by atoms with E-state index in [1.54, 1.807) is 0 Å². The number of amides is 2. The van der Waals surface area contributed by atoms with Gasteiger partial charge in [0.1, 0.15) is 6.04 Å². The molecular weight excluding hydrogens is 376 g/mol. The van der Waals surface area contributed by atoms with Crippen LogP contribution in [0.3, 0.4) is 0 Å². The van der Waals surface area contributed by atoms with Gasteiger partial charge in [-0.25, -0.2) is 0 Å². The van der Waals surface area contributed by atoms with Crippen molar-refractivity contribution in [3.05, 3.63) is 0 Å². The van der Waals surface area contributed by atoms with Crippen molar-refractivity contribution >= 4 is 11.8 Å². The van der Waals surface area contributed by atoms with E-state index in [0.29, 0.717) is 12.0 Å². The van der Waals surface area contributed by atoms with Gasteiger partial charge in [0.2, 0.25) is 11.8 Å². The molecule has 174 valence electrons. The van der Waals surface area contributed by atoms with Crippen molar-refractivity contribution in [3.8, 4) is 0 Å². The van der Waals surface area contributed by atoms with Crippen LogP contribution in [0.25, 0.3) is 0 Å². The number of likely N-dealkylation sites (N-methyl/N-ethyl adjacent to an activating group) is 2. The van der Waals surface area contributed by atoms with E-state index in [9.17, 15) is 9.59 Å². The molecule has 6 heteroatoms. The molecule has 4 atom stereocenters. The molecule has 30 heavy (non-hydrogen) atoms. The molecule has 0 aromatic rings. The van der Waals surface area contributed by atoms with Gasteiger partial charge in [0.05, 0.1) is 6.04 Å². The normalized spacial score (nSPS) is 25.9. The molecule has 2 amide bonds. The SMILES string of the molecule is CC(C)[C@@H](CN1CCC[C@H]1C)N(C)C(=O)[C@@H](NC(=O)C1CCCCN1C)C(C)(C)C. The molecule has 0 radical (unpaired) electrons. The van der Waals surface area contributed by atoms with Crippen molar-refractivity contribution in [2.75, 3.05) is 33.7 Å². The molecule has 2 aliphatic rings. The maximum atomic E-state index is 13.7. The molecule has 2 rings (SSSR count). The molecule has 1 N–H and O–H groups in total. The molecule has 0 aromatic carbocycles. The Morgan fingerprint density at radius 2 is 1.77 bits per heavy atom. The minimum absolute atomic E-state index is 0.00635. The molecule has 2 saturated heterocycles. The van der Waals surface area contributed by atoms with Gasteiger partial charge in [-0.05, 0) is 64.1 Å². The van der Waals surface area contributed by atoms with Gasteiger partial charge >= 0.3 is 0 Å². The summed E-state index contributed by atoms with van der Waals surface area (Å²) in [6.45, 7) is 15.7. The summed E-state index contributed by atoms with van der Waals surface area (Å²) in [5.74, 6) is 0.376.